The van der Waals surface area contributed by atoms with E-state index in [-0.39, 0.29) is 12.2 Å². The zero-order chi connectivity index (χ0) is 21.8. The quantitative estimate of drug-likeness (QED) is 0.396. The van der Waals surface area contributed by atoms with E-state index in [1.165, 1.54) is 36.3 Å². The van der Waals surface area contributed by atoms with Crippen LogP contribution >= 0.6 is 11.3 Å². The van der Waals surface area contributed by atoms with Crippen molar-refractivity contribution in [3.8, 4) is 11.1 Å². The number of ether oxygens (including phenoxy) is 1. The van der Waals surface area contributed by atoms with Gasteiger partial charge in [-0.2, -0.15) is 5.10 Å². The van der Waals surface area contributed by atoms with Gasteiger partial charge in [-0.15, -0.1) is 11.3 Å². The predicted molar refractivity (Wildman–Crippen MR) is 121 cm³/mol. The normalized spacial score (nSPS) is 21.4. The maximum Gasteiger partial charge on any atom is 0.133 e. The van der Waals surface area contributed by atoms with Gasteiger partial charge in [-0.25, -0.2) is 13.8 Å². The van der Waals surface area contributed by atoms with Crippen LogP contribution in [0.2, 0.25) is 0 Å². The minimum absolute atomic E-state index is 0.00371. The van der Waals surface area contributed by atoms with Crippen LogP contribution in [0.25, 0.3) is 21.3 Å². The van der Waals surface area contributed by atoms with Gasteiger partial charge in [0.25, 0.3) is 0 Å². The molecule has 2 aliphatic rings. The molecule has 0 bridgehead atoms. The average Bonchev–Trinajstić information content (AvgIpc) is 3.30. The lowest BCUT2D eigenvalue weighted by atomic mass is 10.0. The zero-order valence-electron chi connectivity index (χ0n) is 17.5. The van der Waals surface area contributed by atoms with E-state index in [1.807, 2.05) is 35.3 Å². The third-order valence-corrected chi connectivity index (χ3v) is 7.05. The molecule has 4 aromatic rings. The summed E-state index contributed by atoms with van der Waals surface area (Å²) in [6, 6.07) is 8.10. The number of benzene rings is 1. The van der Waals surface area contributed by atoms with Crippen LogP contribution in [0.15, 0.2) is 48.1 Å². The van der Waals surface area contributed by atoms with Gasteiger partial charge >= 0.3 is 0 Å². The van der Waals surface area contributed by atoms with Crippen molar-refractivity contribution in [3.05, 3.63) is 65.3 Å². The summed E-state index contributed by atoms with van der Waals surface area (Å²) in [4.78, 5) is 7.05. The molecule has 0 unspecified atom stereocenters. The molecular weight excluding hydrogens is 430 g/mol. The minimum atomic E-state index is -0.584. The molecule has 2 atom stereocenters. The molecule has 0 amide bonds. The average molecular weight is 453 g/mol. The lowest BCUT2D eigenvalue weighted by molar-refractivity contribution is -0.0176. The smallest absolute Gasteiger partial charge is 0.133 e. The van der Waals surface area contributed by atoms with E-state index in [9.17, 15) is 8.78 Å². The van der Waals surface area contributed by atoms with Crippen molar-refractivity contribution in [2.24, 2.45) is 0 Å². The molecule has 1 aromatic carbocycles. The van der Waals surface area contributed by atoms with E-state index >= 15 is 0 Å². The van der Waals surface area contributed by atoms with Gasteiger partial charge in [0.2, 0.25) is 0 Å². The van der Waals surface area contributed by atoms with Crippen LogP contribution in [0.1, 0.15) is 37.5 Å². The maximum absolute atomic E-state index is 14.7. The Morgan fingerprint density at radius 2 is 1.97 bits per heavy atom. The number of hydrogen-bond acceptors (Lipinski definition) is 5. The van der Waals surface area contributed by atoms with Crippen molar-refractivity contribution in [1.29, 1.82) is 0 Å². The second kappa shape index (κ2) is 7.64. The summed E-state index contributed by atoms with van der Waals surface area (Å²) in [5.41, 5.74) is 2.99. The van der Waals surface area contributed by atoms with Crippen LogP contribution in [0.4, 0.5) is 14.6 Å². The topological polar surface area (TPSA) is 43.2 Å². The largest absolute Gasteiger partial charge is 0.367 e. The highest BCUT2D eigenvalue weighted by atomic mass is 32.1. The Morgan fingerprint density at radius 3 is 2.78 bits per heavy atom. The fourth-order valence-electron chi connectivity index (χ4n) is 4.39. The van der Waals surface area contributed by atoms with E-state index < -0.39 is 11.6 Å². The van der Waals surface area contributed by atoms with Crippen LogP contribution in [0, 0.1) is 11.6 Å². The Labute approximate surface area is 188 Å². The second-order valence-electron chi connectivity index (χ2n) is 8.61. The number of morpholine rings is 1. The summed E-state index contributed by atoms with van der Waals surface area (Å²) in [5.74, 6) is -0.388. The number of hydrogen-bond donors (Lipinski definition) is 0. The van der Waals surface area contributed by atoms with Crippen LogP contribution in [0.5, 0.6) is 0 Å². The number of aromatic nitrogens is 3. The van der Waals surface area contributed by atoms with Gasteiger partial charge in [0.05, 0.1) is 35.1 Å². The summed E-state index contributed by atoms with van der Waals surface area (Å²) < 4.78 is 37.3. The SMILES string of the molecule is C[C@@H]1CN(c2cc(-c3ccc(F)cc3F)c3sccc3n2)C[C@H](c2cnn(C3CC3)c2)O1. The summed E-state index contributed by atoms with van der Waals surface area (Å²) in [6.45, 7) is 3.37. The molecule has 6 rings (SSSR count). The van der Waals surface area contributed by atoms with Gasteiger partial charge in [-0.1, -0.05) is 0 Å². The molecule has 0 spiro atoms. The molecule has 2 fully saturated rings. The van der Waals surface area contributed by atoms with Crippen molar-refractivity contribution in [2.45, 2.75) is 38.0 Å². The maximum atomic E-state index is 14.7. The first-order chi connectivity index (χ1) is 15.5. The lowest BCUT2D eigenvalue weighted by Gasteiger charge is -2.37. The van der Waals surface area contributed by atoms with E-state index in [4.69, 9.17) is 9.72 Å². The molecule has 1 aliphatic carbocycles. The molecule has 0 N–H and O–H groups in total. The fourth-order valence-corrected chi connectivity index (χ4v) is 5.26. The van der Waals surface area contributed by atoms with Crippen molar-refractivity contribution in [3.63, 3.8) is 0 Å². The van der Waals surface area contributed by atoms with Gasteiger partial charge in [0.15, 0.2) is 0 Å². The Morgan fingerprint density at radius 1 is 1.09 bits per heavy atom. The fraction of sp³-hybridized carbons (Fsp3) is 0.333. The highest BCUT2D eigenvalue weighted by Crippen LogP contribution is 2.38. The van der Waals surface area contributed by atoms with Crippen molar-refractivity contribution in [1.82, 2.24) is 14.8 Å². The molecular formula is C24H22F2N4OS. The summed E-state index contributed by atoms with van der Waals surface area (Å²) in [7, 11) is 0. The molecule has 3 aromatic heterocycles. The third kappa shape index (κ3) is 3.57. The van der Waals surface area contributed by atoms with E-state index in [1.54, 1.807) is 0 Å². The minimum Gasteiger partial charge on any atom is -0.367 e. The summed E-state index contributed by atoms with van der Waals surface area (Å²) in [5, 5.41) is 6.46. The molecule has 164 valence electrons. The van der Waals surface area contributed by atoms with Gasteiger partial charge in [-0.05, 0) is 49.4 Å². The third-order valence-electron chi connectivity index (χ3n) is 6.12. The second-order valence-corrected chi connectivity index (χ2v) is 9.53. The van der Waals surface area contributed by atoms with Crippen LogP contribution in [-0.2, 0) is 4.74 Å². The molecule has 1 aliphatic heterocycles. The number of nitrogens with zero attached hydrogens (tertiary/aromatic N) is 4. The Kier molecular flexibility index (Phi) is 4.73. The van der Waals surface area contributed by atoms with Gasteiger partial charge in [0, 0.05) is 35.5 Å². The van der Waals surface area contributed by atoms with Gasteiger partial charge in [-0.3, -0.25) is 4.68 Å². The van der Waals surface area contributed by atoms with Gasteiger partial charge in [0.1, 0.15) is 23.6 Å². The molecule has 4 heterocycles. The first kappa shape index (κ1) is 19.8. The van der Waals surface area contributed by atoms with E-state index in [0.717, 1.165) is 33.2 Å². The van der Waals surface area contributed by atoms with E-state index in [2.05, 4.69) is 16.2 Å². The number of pyridine rings is 1. The highest BCUT2D eigenvalue weighted by Gasteiger charge is 2.31. The molecule has 5 nitrogen and oxygen atoms in total. The number of fused-ring (bicyclic) bond motifs is 1. The number of thiophene rings is 1. The first-order valence-electron chi connectivity index (χ1n) is 10.8. The first-order valence-corrected chi connectivity index (χ1v) is 11.7. The molecule has 1 saturated carbocycles. The highest BCUT2D eigenvalue weighted by molar-refractivity contribution is 7.17. The van der Waals surface area contributed by atoms with Crippen LogP contribution in [-0.4, -0.2) is 34.0 Å². The summed E-state index contributed by atoms with van der Waals surface area (Å²) in [6.07, 6.45) is 6.24. The summed E-state index contributed by atoms with van der Waals surface area (Å²) >= 11 is 1.51. The zero-order valence-corrected chi connectivity index (χ0v) is 18.4. The predicted octanol–water partition coefficient (Wildman–Crippen LogP) is 5.74. The number of rotatable bonds is 4. The molecule has 0 radical (unpaired) electrons. The van der Waals surface area contributed by atoms with E-state index in [0.29, 0.717) is 24.7 Å². The van der Waals surface area contributed by atoms with Gasteiger partial charge < -0.3 is 9.64 Å². The van der Waals surface area contributed by atoms with Crippen molar-refractivity contribution >= 4 is 27.4 Å². The number of halogens is 2. The van der Waals surface area contributed by atoms with Crippen molar-refractivity contribution in [2.75, 3.05) is 18.0 Å². The Balaban J connectivity index is 1.37. The lowest BCUT2D eigenvalue weighted by Crippen LogP contribution is -2.43. The van der Waals surface area contributed by atoms with Crippen molar-refractivity contribution < 1.29 is 13.5 Å². The Bertz CT molecular complexity index is 1300. The molecule has 32 heavy (non-hydrogen) atoms. The molecule has 1 saturated heterocycles. The molecule has 8 heteroatoms. The van der Waals surface area contributed by atoms with Crippen LogP contribution < -0.4 is 4.90 Å². The standard InChI is InChI=1S/C24H22F2N4OS/c1-14-11-29(13-22(31-14)15-10-27-30(12-15)17-3-4-17)23-9-19(24-21(28-23)6-7-32-24)18-5-2-16(25)8-20(18)26/h2,5-10,12,14,17,22H,3-4,11,13H2,1H3/t14-,22-/m1/s1. The Hall–Kier alpha value is -2.84. The van der Waals surface area contributed by atoms with Crippen LogP contribution in [0.3, 0.4) is 0 Å². The monoisotopic (exact) mass is 452 g/mol. The number of anilines is 1.